The zero-order valence-corrected chi connectivity index (χ0v) is 9.94. The molecule has 0 bridgehead atoms. The van der Waals surface area contributed by atoms with Crippen molar-refractivity contribution in [1.82, 2.24) is 9.36 Å². The van der Waals surface area contributed by atoms with Crippen LogP contribution in [0.5, 0.6) is 0 Å². The van der Waals surface area contributed by atoms with Crippen LogP contribution >= 0.6 is 11.5 Å². The Hall–Kier alpha value is -1.95. The molecule has 1 atom stereocenters. The minimum absolute atomic E-state index is 0.513. The molecule has 2 N–H and O–H groups in total. The topological polar surface area (TPSA) is 75.1 Å². The Labute approximate surface area is 102 Å². The Morgan fingerprint density at radius 2 is 2.12 bits per heavy atom. The molecule has 2 rings (SSSR count). The van der Waals surface area contributed by atoms with Crippen LogP contribution in [0, 0.1) is 6.92 Å². The summed E-state index contributed by atoms with van der Waals surface area (Å²) in [6.07, 6.45) is 0. The second-order valence-corrected chi connectivity index (χ2v) is 4.22. The normalized spacial score (nSPS) is 12.1. The summed E-state index contributed by atoms with van der Waals surface area (Å²) in [5.74, 6) is -0.307. The molecule has 17 heavy (non-hydrogen) atoms. The fourth-order valence-electron chi connectivity index (χ4n) is 1.41. The number of nitrogens with one attached hydrogen (secondary N) is 1. The summed E-state index contributed by atoms with van der Waals surface area (Å²) in [7, 11) is 0. The lowest BCUT2D eigenvalue weighted by Crippen LogP contribution is -2.20. The summed E-state index contributed by atoms with van der Waals surface area (Å²) in [5, 5.41) is 12.6. The first-order chi connectivity index (χ1) is 8.16. The van der Waals surface area contributed by atoms with Gasteiger partial charge in [0.1, 0.15) is 5.82 Å². The van der Waals surface area contributed by atoms with Gasteiger partial charge in [0.25, 0.3) is 0 Å². The van der Waals surface area contributed by atoms with Crippen molar-refractivity contribution < 1.29 is 9.90 Å². The van der Waals surface area contributed by atoms with Gasteiger partial charge < -0.3 is 10.4 Å². The van der Waals surface area contributed by atoms with Gasteiger partial charge in [-0.3, -0.25) is 0 Å². The lowest BCUT2D eigenvalue weighted by molar-refractivity contribution is -0.138. The van der Waals surface area contributed by atoms with Crippen LogP contribution in [0.1, 0.15) is 17.4 Å². The number of benzene rings is 1. The van der Waals surface area contributed by atoms with E-state index in [1.165, 1.54) is 0 Å². The summed E-state index contributed by atoms with van der Waals surface area (Å²) in [5.41, 5.74) is 0.688. The van der Waals surface area contributed by atoms with Gasteiger partial charge in [-0.1, -0.05) is 30.3 Å². The van der Waals surface area contributed by atoms with Gasteiger partial charge in [0, 0.05) is 11.5 Å². The Morgan fingerprint density at radius 1 is 1.41 bits per heavy atom. The molecule has 88 valence electrons. The average Bonchev–Trinajstić information content (AvgIpc) is 2.73. The number of hydrogen-bond acceptors (Lipinski definition) is 5. The monoisotopic (exact) mass is 249 g/mol. The van der Waals surface area contributed by atoms with E-state index in [0.29, 0.717) is 16.5 Å². The van der Waals surface area contributed by atoms with E-state index in [2.05, 4.69) is 14.7 Å². The number of anilines is 1. The lowest BCUT2D eigenvalue weighted by Gasteiger charge is -2.13. The van der Waals surface area contributed by atoms with Crippen LogP contribution in [0.3, 0.4) is 0 Å². The molecule has 2 aromatic rings. The third-order valence-corrected chi connectivity index (χ3v) is 2.91. The van der Waals surface area contributed by atoms with E-state index >= 15 is 0 Å². The predicted octanol–water partition coefficient (Wildman–Crippen LogP) is 2.08. The van der Waals surface area contributed by atoms with Gasteiger partial charge in [0.15, 0.2) is 6.04 Å². The molecule has 1 heterocycles. The van der Waals surface area contributed by atoms with Gasteiger partial charge >= 0.3 is 5.97 Å². The molecule has 0 spiro atoms. The minimum atomic E-state index is -0.941. The maximum Gasteiger partial charge on any atom is 0.330 e. The Morgan fingerprint density at radius 3 is 2.65 bits per heavy atom. The highest BCUT2D eigenvalue weighted by atomic mass is 32.1. The molecular formula is C11H11N3O2S. The third kappa shape index (κ3) is 2.79. The van der Waals surface area contributed by atoms with E-state index in [-0.39, 0.29) is 0 Å². The van der Waals surface area contributed by atoms with Crippen molar-refractivity contribution in [3.05, 3.63) is 41.7 Å². The molecule has 0 aliphatic carbocycles. The average molecular weight is 249 g/mol. The van der Waals surface area contributed by atoms with Crippen molar-refractivity contribution in [2.45, 2.75) is 13.0 Å². The number of carboxylic acids is 1. The molecule has 0 fully saturated rings. The molecule has 5 nitrogen and oxygen atoms in total. The number of hydrogen-bond donors (Lipinski definition) is 2. The first kappa shape index (κ1) is 11.5. The number of rotatable bonds is 4. The zero-order chi connectivity index (χ0) is 12.3. The molecule has 0 amide bonds. The van der Waals surface area contributed by atoms with Gasteiger partial charge in [-0.25, -0.2) is 9.78 Å². The molecule has 0 radical (unpaired) electrons. The number of carboxylic acid groups (broad SMARTS) is 1. The second kappa shape index (κ2) is 4.92. The highest BCUT2D eigenvalue weighted by Crippen LogP contribution is 2.20. The van der Waals surface area contributed by atoms with Crippen molar-refractivity contribution in [3.8, 4) is 0 Å². The molecule has 1 aromatic heterocycles. The first-order valence-electron chi connectivity index (χ1n) is 5.01. The standard InChI is InChI=1S/C11H11N3O2S/c1-7-12-11(17-14-7)13-9(10(15)16)8-5-3-2-4-6-8/h2-6,9H,1H3,(H,15,16)(H,12,13,14). The van der Waals surface area contributed by atoms with Crippen LogP contribution in [-0.4, -0.2) is 20.4 Å². The number of aryl methyl sites for hydroxylation is 1. The fourth-order valence-corrected chi connectivity index (χ4v) is 2.02. The molecule has 1 unspecified atom stereocenters. The zero-order valence-electron chi connectivity index (χ0n) is 9.12. The second-order valence-electron chi connectivity index (χ2n) is 3.47. The number of aliphatic carboxylic acids is 1. The van der Waals surface area contributed by atoms with Crippen molar-refractivity contribution in [3.63, 3.8) is 0 Å². The van der Waals surface area contributed by atoms with Crippen molar-refractivity contribution in [2.75, 3.05) is 5.32 Å². The number of carbonyl (C=O) groups is 1. The largest absolute Gasteiger partial charge is 0.479 e. The van der Waals surface area contributed by atoms with E-state index in [1.54, 1.807) is 31.2 Å². The fraction of sp³-hybridized carbons (Fsp3) is 0.182. The highest BCUT2D eigenvalue weighted by Gasteiger charge is 2.20. The number of nitrogens with zero attached hydrogens (tertiary/aromatic N) is 2. The maximum atomic E-state index is 11.2. The van der Waals surface area contributed by atoms with Crippen LogP contribution in [0.15, 0.2) is 30.3 Å². The Kier molecular flexibility index (Phi) is 3.34. The maximum absolute atomic E-state index is 11.2. The van der Waals surface area contributed by atoms with Crippen LogP contribution in [0.2, 0.25) is 0 Å². The quantitative estimate of drug-likeness (QED) is 0.867. The molecule has 0 saturated heterocycles. The SMILES string of the molecule is Cc1nsc(NC(C(=O)O)c2ccccc2)n1. The minimum Gasteiger partial charge on any atom is -0.479 e. The van der Waals surface area contributed by atoms with Gasteiger partial charge in [-0.2, -0.15) is 4.37 Å². The summed E-state index contributed by atoms with van der Waals surface area (Å²) in [4.78, 5) is 15.3. The summed E-state index contributed by atoms with van der Waals surface area (Å²) in [6.45, 7) is 1.76. The summed E-state index contributed by atoms with van der Waals surface area (Å²) in [6, 6.07) is 8.18. The van der Waals surface area contributed by atoms with Gasteiger partial charge in [0.05, 0.1) is 0 Å². The van der Waals surface area contributed by atoms with Crippen molar-refractivity contribution >= 4 is 22.6 Å². The molecule has 0 aliphatic rings. The van der Waals surface area contributed by atoms with Gasteiger partial charge in [0.2, 0.25) is 5.13 Å². The Bertz CT molecular complexity index is 512. The molecule has 0 saturated carbocycles. The van der Waals surface area contributed by atoms with E-state index in [9.17, 15) is 9.90 Å². The smallest absolute Gasteiger partial charge is 0.330 e. The van der Waals surface area contributed by atoms with E-state index in [4.69, 9.17) is 0 Å². The third-order valence-electron chi connectivity index (χ3n) is 2.18. The van der Waals surface area contributed by atoms with Crippen molar-refractivity contribution in [2.24, 2.45) is 0 Å². The molecule has 1 aromatic carbocycles. The highest BCUT2D eigenvalue weighted by molar-refractivity contribution is 7.09. The number of aromatic nitrogens is 2. The van der Waals surface area contributed by atoms with Crippen LogP contribution in [-0.2, 0) is 4.79 Å². The van der Waals surface area contributed by atoms with E-state index in [1.807, 2.05) is 6.07 Å². The molecule has 0 aliphatic heterocycles. The predicted molar refractivity (Wildman–Crippen MR) is 65.1 cm³/mol. The molecule has 6 heteroatoms. The van der Waals surface area contributed by atoms with Gasteiger partial charge in [-0.15, -0.1) is 0 Å². The van der Waals surface area contributed by atoms with E-state index in [0.717, 1.165) is 11.5 Å². The first-order valence-corrected chi connectivity index (χ1v) is 5.79. The van der Waals surface area contributed by atoms with Crippen LogP contribution < -0.4 is 5.32 Å². The van der Waals surface area contributed by atoms with Crippen LogP contribution in [0.4, 0.5) is 5.13 Å². The molecular weight excluding hydrogens is 238 g/mol. The Balaban J connectivity index is 2.22. The van der Waals surface area contributed by atoms with E-state index < -0.39 is 12.0 Å². The summed E-state index contributed by atoms with van der Waals surface area (Å²) >= 11 is 1.15. The van der Waals surface area contributed by atoms with Crippen molar-refractivity contribution in [1.29, 1.82) is 0 Å². The van der Waals surface area contributed by atoms with Crippen LogP contribution in [0.25, 0.3) is 0 Å². The van der Waals surface area contributed by atoms with Gasteiger partial charge in [-0.05, 0) is 12.5 Å². The summed E-state index contributed by atoms with van der Waals surface area (Å²) < 4.78 is 4.00. The lowest BCUT2D eigenvalue weighted by atomic mass is 10.1.